The van der Waals surface area contributed by atoms with Gasteiger partial charge in [0.25, 0.3) is 0 Å². The van der Waals surface area contributed by atoms with E-state index in [0.29, 0.717) is 19.6 Å². The SMILES string of the molecule is CCCC(CN)C(=O)N1CCNC(=O)C1C. The highest BCUT2D eigenvalue weighted by molar-refractivity contribution is 5.89. The van der Waals surface area contributed by atoms with Crippen molar-refractivity contribution in [2.75, 3.05) is 19.6 Å². The molecule has 1 rings (SSSR count). The van der Waals surface area contributed by atoms with Crippen LogP contribution < -0.4 is 11.1 Å². The number of carbonyl (C=O) groups is 2. The summed E-state index contributed by atoms with van der Waals surface area (Å²) in [4.78, 5) is 25.2. The van der Waals surface area contributed by atoms with Gasteiger partial charge in [0.05, 0.1) is 5.92 Å². The van der Waals surface area contributed by atoms with E-state index in [1.54, 1.807) is 11.8 Å². The normalized spacial score (nSPS) is 22.8. The molecule has 0 bridgehead atoms. The van der Waals surface area contributed by atoms with Gasteiger partial charge < -0.3 is 16.0 Å². The molecule has 3 N–H and O–H groups in total. The molecule has 1 saturated heterocycles. The summed E-state index contributed by atoms with van der Waals surface area (Å²) in [5.74, 6) is -0.197. The molecule has 1 aliphatic heterocycles. The molecule has 5 nitrogen and oxygen atoms in total. The highest BCUT2D eigenvalue weighted by Gasteiger charge is 2.32. The molecule has 0 aromatic heterocycles. The van der Waals surface area contributed by atoms with Crippen LogP contribution in [0.25, 0.3) is 0 Å². The summed E-state index contributed by atoms with van der Waals surface area (Å²) in [6.07, 6.45) is 1.72. The Hall–Kier alpha value is -1.10. The number of nitrogens with zero attached hydrogens (tertiary/aromatic N) is 1. The predicted octanol–water partition coefficient (Wildman–Crippen LogP) is -0.292. The van der Waals surface area contributed by atoms with Gasteiger partial charge in [-0.3, -0.25) is 9.59 Å². The van der Waals surface area contributed by atoms with E-state index in [1.165, 1.54) is 0 Å². The van der Waals surface area contributed by atoms with Crippen molar-refractivity contribution in [3.8, 4) is 0 Å². The number of nitrogens with one attached hydrogen (secondary N) is 1. The zero-order chi connectivity index (χ0) is 12.1. The van der Waals surface area contributed by atoms with Crippen LogP contribution in [0.2, 0.25) is 0 Å². The molecular formula is C11H21N3O2. The van der Waals surface area contributed by atoms with Gasteiger partial charge >= 0.3 is 0 Å². The van der Waals surface area contributed by atoms with Crippen molar-refractivity contribution in [1.29, 1.82) is 0 Å². The van der Waals surface area contributed by atoms with E-state index in [0.717, 1.165) is 12.8 Å². The van der Waals surface area contributed by atoms with Crippen LogP contribution in [0.5, 0.6) is 0 Å². The fourth-order valence-electron chi connectivity index (χ4n) is 2.01. The first kappa shape index (κ1) is 13.0. The number of nitrogens with two attached hydrogens (primary N) is 1. The van der Waals surface area contributed by atoms with Crippen molar-refractivity contribution < 1.29 is 9.59 Å². The smallest absolute Gasteiger partial charge is 0.242 e. The fraction of sp³-hybridized carbons (Fsp3) is 0.818. The van der Waals surface area contributed by atoms with E-state index in [2.05, 4.69) is 5.32 Å². The molecule has 1 heterocycles. The maximum Gasteiger partial charge on any atom is 0.242 e. The van der Waals surface area contributed by atoms with E-state index in [4.69, 9.17) is 5.73 Å². The molecule has 0 aliphatic carbocycles. The molecule has 0 radical (unpaired) electrons. The van der Waals surface area contributed by atoms with Crippen molar-refractivity contribution in [3.63, 3.8) is 0 Å². The Kier molecular flexibility index (Phi) is 4.73. The lowest BCUT2D eigenvalue weighted by Gasteiger charge is -2.35. The average molecular weight is 227 g/mol. The monoisotopic (exact) mass is 227 g/mol. The first-order chi connectivity index (χ1) is 7.61. The van der Waals surface area contributed by atoms with E-state index in [1.807, 2.05) is 6.92 Å². The number of amides is 2. The summed E-state index contributed by atoms with van der Waals surface area (Å²) in [5.41, 5.74) is 5.60. The molecule has 1 fully saturated rings. The lowest BCUT2D eigenvalue weighted by molar-refractivity contribution is -0.145. The first-order valence-electron chi connectivity index (χ1n) is 5.90. The maximum atomic E-state index is 12.1. The predicted molar refractivity (Wildman–Crippen MR) is 61.6 cm³/mol. The van der Waals surface area contributed by atoms with Crippen molar-refractivity contribution >= 4 is 11.8 Å². The second-order valence-electron chi connectivity index (χ2n) is 4.22. The zero-order valence-electron chi connectivity index (χ0n) is 10.0. The van der Waals surface area contributed by atoms with E-state index >= 15 is 0 Å². The molecule has 0 aromatic rings. The van der Waals surface area contributed by atoms with Crippen LogP contribution >= 0.6 is 0 Å². The average Bonchev–Trinajstić information content (AvgIpc) is 2.29. The third kappa shape index (κ3) is 2.72. The Morgan fingerprint density at radius 1 is 1.69 bits per heavy atom. The van der Waals surface area contributed by atoms with Crippen molar-refractivity contribution in [2.24, 2.45) is 11.7 Å². The number of carbonyl (C=O) groups excluding carboxylic acids is 2. The summed E-state index contributed by atoms with van der Waals surface area (Å²) < 4.78 is 0. The Labute approximate surface area is 96.4 Å². The third-order valence-electron chi connectivity index (χ3n) is 3.05. The Morgan fingerprint density at radius 2 is 2.38 bits per heavy atom. The van der Waals surface area contributed by atoms with E-state index in [9.17, 15) is 9.59 Å². The third-order valence-corrected chi connectivity index (χ3v) is 3.05. The molecule has 0 saturated carbocycles. The minimum Gasteiger partial charge on any atom is -0.353 e. The van der Waals surface area contributed by atoms with Crippen LogP contribution in [0.1, 0.15) is 26.7 Å². The van der Waals surface area contributed by atoms with Crippen LogP contribution in [0, 0.1) is 5.92 Å². The van der Waals surface area contributed by atoms with Gasteiger partial charge in [0, 0.05) is 19.6 Å². The number of piperazine rings is 1. The minimum atomic E-state index is -0.368. The second-order valence-corrected chi connectivity index (χ2v) is 4.22. The standard InChI is InChI=1S/C11H21N3O2/c1-3-4-9(7-12)11(16)14-6-5-13-10(15)8(14)2/h8-9H,3-7,12H2,1-2H3,(H,13,15). The van der Waals surface area contributed by atoms with Gasteiger partial charge in [-0.05, 0) is 13.3 Å². The number of hydrogen-bond donors (Lipinski definition) is 2. The summed E-state index contributed by atoms with van der Waals surface area (Å²) in [6, 6.07) is -0.368. The first-order valence-corrected chi connectivity index (χ1v) is 5.90. The van der Waals surface area contributed by atoms with E-state index < -0.39 is 0 Å². The Balaban J connectivity index is 2.67. The molecular weight excluding hydrogens is 206 g/mol. The molecule has 2 unspecified atom stereocenters. The van der Waals surface area contributed by atoms with Gasteiger partial charge in [-0.25, -0.2) is 0 Å². The van der Waals surface area contributed by atoms with Crippen molar-refractivity contribution in [2.45, 2.75) is 32.7 Å². The van der Waals surface area contributed by atoms with Gasteiger partial charge in [-0.1, -0.05) is 13.3 Å². The molecule has 1 aliphatic rings. The van der Waals surface area contributed by atoms with Crippen LogP contribution in [-0.4, -0.2) is 42.4 Å². The van der Waals surface area contributed by atoms with Crippen LogP contribution in [0.15, 0.2) is 0 Å². The second kappa shape index (κ2) is 5.84. The quantitative estimate of drug-likeness (QED) is 0.693. The lowest BCUT2D eigenvalue weighted by atomic mass is 10.0. The summed E-state index contributed by atoms with van der Waals surface area (Å²) in [6.45, 7) is 5.27. The van der Waals surface area contributed by atoms with Crippen LogP contribution in [0.3, 0.4) is 0 Å². The van der Waals surface area contributed by atoms with E-state index in [-0.39, 0.29) is 23.8 Å². The fourth-order valence-corrected chi connectivity index (χ4v) is 2.01. The van der Waals surface area contributed by atoms with Crippen LogP contribution in [-0.2, 0) is 9.59 Å². The van der Waals surface area contributed by atoms with Crippen molar-refractivity contribution in [3.05, 3.63) is 0 Å². The molecule has 2 amide bonds. The van der Waals surface area contributed by atoms with Gasteiger partial charge in [-0.15, -0.1) is 0 Å². The molecule has 2 atom stereocenters. The molecule has 16 heavy (non-hydrogen) atoms. The topological polar surface area (TPSA) is 75.4 Å². The summed E-state index contributed by atoms with van der Waals surface area (Å²) in [5, 5.41) is 2.74. The summed E-state index contributed by atoms with van der Waals surface area (Å²) >= 11 is 0. The highest BCUT2D eigenvalue weighted by atomic mass is 16.2. The lowest BCUT2D eigenvalue weighted by Crippen LogP contribution is -2.57. The zero-order valence-corrected chi connectivity index (χ0v) is 10.0. The molecule has 5 heteroatoms. The highest BCUT2D eigenvalue weighted by Crippen LogP contribution is 2.13. The number of rotatable bonds is 4. The van der Waals surface area contributed by atoms with Crippen molar-refractivity contribution in [1.82, 2.24) is 10.2 Å². The summed E-state index contributed by atoms with van der Waals surface area (Å²) in [7, 11) is 0. The van der Waals surface area contributed by atoms with Crippen LogP contribution in [0.4, 0.5) is 0 Å². The largest absolute Gasteiger partial charge is 0.353 e. The minimum absolute atomic E-state index is 0.0201. The van der Waals surface area contributed by atoms with Gasteiger partial charge in [0.15, 0.2) is 0 Å². The van der Waals surface area contributed by atoms with Gasteiger partial charge in [0.1, 0.15) is 6.04 Å². The van der Waals surface area contributed by atoms with Gasteiger partial charge in [0.2, 0.25) is 11.8 Å². The Bertz CT molecular complexity index is 268. The Morgan fingerprint density at radius 3 is 2.94 bits per heavy atom. The molecule has 0 aromatic carbocycles. The molecule has 0 spiro atoms. The maximum absolute atomic E-state index is 12.1. The van der Waals surface area contributed by atoms with Gasteiger partial charge in [-0.2, -0.15) is 0 Å². The number of hydrogen-bond acceptors (Lipinski definition) is 3. The molecule has 92 valence electrons.